The lowest BCUT2D eigenvalue weighted by Crippen LogP contribution is -2.47. The molecule has 1 aromatic rings. The van der Waals surface area contributed by atoms with Crippen LogP contribution in [0.25, 0.3) is 0 Å². The van der Waals surface area contributed by atoms with E-state index in [0.29, 0.717) is 5.41 Å². The number of fused-ring (bicyclic) bond motifs is 4. The third-order valence-electron chi connectivity index (χ3n) is 13.2. The van der Waals surface area contributed by atoms with Gasteiger partial charge in [-0.2, -0.15) is 0 Å². The summed E-state index contributed by atoms with van der Waals surface area (Å²) in [5, 5.41) is 0. The first-order chi connectivity index (χ1) is 17.5. The van der Waals surface area contributed by atoms with Crippen LogP contribution in [0.4, 0.5) is 0 Å². The minimum Gasteiger partial charge on any atom is -0.103 e. The van der Waals surface area contributed by atoms with Gasteiger partial charge in [0.1, 0.15) is 0 Å². The number of hydrogen-bond donors (Lipinski definition) is 0. The molecule has 0 amide bonds. The lowest BCUT2D eigenvalue weighted by molar-refractivity contribution is 0.0478. The van der Waals surface area contributed by atoms with E-state index in [0.717, 1.165) is 52.9 Å². The molecule has 0 radical (unpaired) electrons. The smallest absolute Gasteiger partial charge is 0.0545 e. The fourth-order valence-electron chi connectivity index (χ4n) is 11.9. The van der Waals surface area contributed by atoms with Crippen LogP contribution in [0.1, 0.15) is 96.0 Å². The molecule has 0 aromatic heterocycles. The molecule has 0 heterocycles. The normalized spacial score (nSPS) is 42.1. The summed E-state index contributed by atoms with van der Waals surface area (Å²) in [6, 6.07) is 13.5. The average molecular weight is 503 g/mol. The largest absolute Gasteiger partial charge is 0.103 e. The topological polar surface area (TPSA) is 0 Å². The van der Waals surface area contributed by atoms with Crippen molar-refractivity contribution in [1.82, 2.24) is 0 Å². The molecule has 0 bridgehead atoms. The van der Waals surface area contributed by atoms with Crippen molar-refractivity contribution in [3.63, 3.8) is 0 Å². The van der Waals surface area contributed by atoms with Crippen LogP contribution in [0.2, 0.25) is 24.7 Å². The molecule has 9 atom stereocenters. The summed E-state index contributed by atoms with van der Waals surface area (Å²) in [4.78, 5) is 0. The second kappa shape index (κ2) is 10.1. The third kappa shape index (κ3) is 4.04. The predicted molar refractivity (Wildman–Crippen MR) is 158 cm³/mol. The molecule has 1 aromatic carbocycles. The fraction of sp³-hybridized carbons (Fsp3) is 0.771. The molecule has 0 aliphatic heterocycles. The second-order valence-electron chi connectivity index (χ2n) is 14.9. The van der Waals surface area contributed by atoms with Gasteiger partial charge in [-0.25, -0.2) is 0 Å². The summed E-state index contributed by atoms with van der Waals surface area (Å²) in [7, 11) is -1.33. The number of hydrogen-bond acceptors (Lipinski definition) is 0. The van der Waals surface area contributed by atoms with Gasteiger partial charge >= 0.3 is 0 Å². The molecule has 5 saturated carbocycles. The fourth-order valence-corrected chi connectivity index (χ4v) is 15.4. The van der Waals surface area contributed by atoms with Gasteiger partial charge in [-0.1, -0.05) is 101 Å². The maximum absolute atomic E-state index is 4.22. The van der Waals surface area contributed by atoms with Crippen molar-refractivity contribution >= 4 is 8.07 Å². The van der Waals surface area contributed by atoms with Crippen LogP contribution in [-0.2, 0) is 5.41 Å². The van der Waals surface area contributed by atoms with Gasteiger partial charge in [0.2, 0.25) is 0 Å². The van der Waals surface area contributed by atoms with Crippen LogP contribution < -0.4 is 0 Å². The molecule has 0 nitrogen and oxygen atoms in total. The standard InChI is InChI=1S/C35H54Si/c1-5-23-36(3,4)33-24-32(28-19-11-12-20-29(28)33)35(2,25-15-7-6-8-16-25)34-30-21-13-9-17-26(30)27-18-10-14-22-31(27)34/h5-8,15-16,26-34H,1,9-14,17-24H2,2-4H3/t26?,27?,28?,29?,30?,31?,32-,33?,34?,35-/m0/s1. The third-order valence-corrected chi connectivity index (χ3v) is 17.2. The first-order valence-corrected chi connectivity index (χ1v) is 19.4. The maximum atomic E-state index is 4.22. The van der Waals surface area contributed by atoms with E-state index in [9.17, 15) is 0 Å². The van der Waals surface area contributed by atoms with Crippen LogP contribution in [0, 0.1) is 47.3 Å². The molecule has 1 heteroatoms. The molecular formula is C35H54Si. The lowest BCUT2D eigenvalue weighted by atomic mass is 9.53. The molecule has 6 rings (SSSR count). The molecular weight excluding hydrogens is 448 g/mol. The van der Waals surface area contributed by atoms with Crippen LogP contribution in [-0.4, -0.2) is 8.07 Å². The van der Waals surface area contributed by atoms with Gasteiger partial charge < -0.3 is 0 Å². The van der Waals surface area contributed by atoms with Gasteiger partial charge in [0.05, 0.1) is 8.07 Å². The Labute approximate surface area is 224 Å². The van der Waals surface area contributed by atoms with E-state index in [-0.39, 0.29) is 0 Å². The van der Waals surface area contributed by atoms with Crippen molar-refractivity contribution in [2.75, 3.05) is 0 Å². The van der Waals surface area contributed by atoms with Crippen LogP contribution in [0.5, 0.6) is 0 Å². The molecule has 0 spiro atoms. The van der Waals surface area contributed by atoms with E-state index < -0.39 is 8.07 Å². The highest BCUT2D eigenvalue weighted by Crippen LogP contribution is 2.69. The highest BCUT2D eigenvalue weighted by molar-refractivity contribution is 6.79. The average Bonchev–Trinajstić information content (AvgIpc) is 3.47. The number of benzene rings is 1. The second-order valence-corrected chi connectivity index (χ2v) is 20.1. The first kappa shape index (κ1) is 25.5. The Morgan fingerprint density at radius 2 is 1.25 bits per heavy atom. The van der Waals surface area contributed by atoms with E-state index in [1.165, 1.54) is 76.7 Å². The van der Waals surface area contributed by atoms with E-state index >= 15 is 0 Å². The van der Waals surface area contributed by atoms with Crippen molar-refractivity contribution in [3.8, 4) is 0 Å². The summed E-state index contributed by atoms with van der Waals surface area (Å²) < 4.78 is 0. The van der Waals surface area contributed by atoms with Gasteiger partial charge in [-0.15, -0.1) is 6.58 Å². The Morgan fingerprint density at radius 1 is 0.750 bits per heavy atom. The Hall–Kier alpha value is -0.823. The highest BCUT2D eigenvalue weighted by atomic mass is 28.3. The van der Waals surface area contributed by atoms with Crippen molar-refractivity contribution < 1.29 is 0 Å². The summed E-state index contributed by atoms with van der Waals surface area (Å²) in [6.07, 6.45) is 22.0. The van der Waals surface area contributed by atoms with Crippen molar-refractivity contribution in [1.29, 1.82) is 0 Å². The SMILES string of the molecule is C=CC[Si](C)(C)C1C[C@H]([C@](C)(c2ccccc2)C2C3CCCCC3C3CCCCC32)C2CCCCC21. The van der Waals surface area contributed by atoms with Gasteiger partial charge in [0.25, 0.3) is 0 Å². The van der Waals surface area contributed by atoms with Gasteiger partial charge in [0, 0.05) is 0 Å². The van der Waals surface area contributed by atoms with Gasteiger partial charge in [0.15, 0.2) is 0 Å². The number of allylic oxidation sites excluding steroid dienone is 1. The van der Waals surface area contributed by atoms with Crippen LogP contribution in [0.15, 0.2) is 43.0 Å². The first-order valence-electron chi connectivity index (χ1n) is 16.1. The predicted octanol–water partition coefficient (Wildman–Crippen LogP) is 10.3. The zero-order valence-corrected chi connectivity index (χ0v) is 24.8. The molecule has 36 heavy (non-hydrogen) atoms. The van der Waals surface area contributed by atoms with E-state index in [2.05, 4.69) is 63.0 Å². The Morgan fingerprint density at radius 3 is 1.81 bits per heavy atom. The van der Waals surface area contributed by atoms with E-state index in [1.54, 1.807) is 18.4 Å². The van der Waals surface area contributed by atoms with Gasteiger partial charge in [-0.05, 0) is 108 Å². The van der Waals surface area contributed by atoms with Gasteiger partial charge in [-0.3, -0.25) is 0 Å². The molecule has 7 unspecified atom stereocenters. The minimum absolute atomic E-state index is 0.353. The Kier molecular flexibility index (Phi) is 7.11. The summed E-state index contributed by atoms with van der Waals surface area (Å²) >= 11 is 0. The monoisotopic (exact) mass is 502 g/mol. The summed E-state index contributed by atoms with van der Waals surface area (Å²) in [5.74, 6) is 7.86. The molecule has 5 aliphatic carbocycles. The number of rotatable bonds is 6. The molecule has 5 aliphatic rings. The molecule has 198 valence electrons. The minimum atomic E-state index is -1.33. The van der Waals surface area contributed by atoms with Crippen LogP contribution in [0.3, 0.4) is 0 Å². The zero-order valence-electron chi connectivity index (χ0n) is 23.8. The quantitative estimate of drug-likeness (QED) is 0.268. The molecule has 5 fully saturated rings. The Bertz CT molecular complexity index is 880. The van der Waals surface area contributed by atoms with Crippen molar-refractivity contribution in [2.45, 2.75) is 120 Å². The Balaban J connectivity index is 1.46. The van der Waals surface area contributed by atoms with Crippen LogP contribution >= 0.6 is 0 Å². The summed E-state index contributed by atoms with van der Waals surface area (Å²) in [5.41, 5.74) is 3.08. The summed E-state index contributed by atoms with van der Waals surface area (Å²) in [6.45, 7) is 12.5. The lowest BCUT2D eigenvalue weighted by Gasteiger charge is -2.51. The van der Waals surface area contributed by atoms with E-state index in [1.807, 2.05) is 0 Å². The molecule has 0 N–H and O–H groups in total. The van der Waals surface area contributed by atoms with E-state index in [4.69, 9.17) is 0 Å². The maximum Gasteiger partial charge on any atom is 0.0545 e. The molecule has 0 saturated heterocycles. The van der Waals surface area contributed by atoms with Crippen molar-refractivity contribution in [2.24, 2.45) is 47.3 Å². The van der Waals surface area contributed by atoms with Crippen molar-refractivity contribution in [3.05, 3.63) is 48.6 Å². The highest BCUT2D eigenvalue weighted by Gasteiger charge is 2.63. The zero-order chi connectivity index (χ0) is 24.9.